The SMILES string of the molecule is CCCCC/C=C\C/C=C\CCCCCCCC(CCCC)N(C)C. The van der Waals surface area contributed by atoms with Gasteiger partial charge in [0, 0.05) is 6.04 Å². The first kappa shape index (κ1) is 24.4. The molecule has 0 aromatic rings. The zero-order valence-electron chi connectivity index (χ0n) is 17.9. The van der Waals surface area contributed by atoms with Crippen molar-refractivity contribution in [3.05, 3.63) is 24.3 Å². The molecule has 148 valence electrons. The molecule has 0 aliphatic heterocycles. The Bertz CT molecular complexity index is 303. The number of hydrogen-bond acceptors (Lipinski definition) is 1. The molecule has 0 aliphatic carbocycles. The first-order valence-corrected chi connectivity index (χ1v) is 11.2. The van der Waals surface area contributed by atoms with Gasteiger partial charge in [-0.15, -0.1) is 0 Å². The predicted molar refractivity (Wildman–Crippen MR) is 116 cm³/mol. The van der Waals surface area contributed by atoms with Crippen LogP contribution < -0.4 is 0 Å². The van der Waals surface area contributed by atoms with Gasteiger partial charge in [-0.3, -0.25) is 0 Å². The van der Waals surface area contributed by atoms with Gasteiger partial charge in [-0.1, -0.05) is 89.5 Å². The Labute approximate surface area is 160 Å². The quantitative estimate of drug-likeness (QED) is 0.179. The lowest BCUT2D eigenvalue weighted by Crippen LogP contribution is -2.27. The van der Waals surface area contributed by atoms with Gasteiger partial charge in [0.15, 0.2) is 0 Å². The normalized spacial score (nSPS) is 13.5. The van der Waals surface area contributed by atoms with Crippen molar-refractivity contribution in [1.29, 1.82) is 0 Å². The molecule has 0 saturated heterocycles. The Morgan fingerprint density at radius 3 is 1.72 bits per heavy atom. The van der Waals surface area contributed by atoms with Gasteiger partial charge in [-0.2, -0.15) is 0 Å². The van der Waals surface area contributed by atoms with E-state index in [4.69, 9.17) is 0 Å². The zero-order valence-corrected chi connectivity index (χ0v) is 17.9. The molecule has 1 atom stereocenters. The average Bonchev–Trinajstić information content (AvgIpc) is 2.60. The molecule has 0 spiro atoms. The van der Waals surface area contributed by atoms with E-state index < -0.39 is 0 Å². The van der Waals surface area contributed by atoms with Crippen molar-refractivity contribution in [3.63, 3.8) is 0 Å². The maximum Gasteiger partial charge on any atom is 0.00891 e. The molecule has 0 aromatic heterocycles. The standard InChI is InChI=1S/C24H47N/c1-5-7-9-10-11-12-13-14-15-16-17-18-19-20-21-23-24(25(3)4)22-8-6-2/h11-12,14-15,24H,5-10,13,16-23H2,1-4H3/b12-11-,15-14-. The van der Waals surface area contributed by atoms with E-state index in [2.05, 4.69) is 57.1 Å². The molecule has 0 saturated carbocycles. The summed E-state index contributed by atoms with van der Waals surface area (Å²) in [5, 5.41) is 0. The van der Waals surface area contributed by atoms with E-state index in [0.717, 1.165) is 12.5 Å². The molecule has 25 heavy (non-hydrogen) atoms. The number of unbranched alkanes of at least 4 members (excludes halogenated alkanes) is 9. The smallest absolute Gasteiger partial charge is 0.00891 e. The molecular weight excluding hydrogens is 302 g/mol. The van der Waals surface area contributed by atoms with Crippen molar-refractivity contribution in [1.82, 2.24) is 4.90 Å². The summed E-state index contributed by atoms with van der Waals surface area (Å²) in [6.07, 6.45) is 29.6. The molecule has 0 fully saturated rings. The fraction of sp³-hybridized carbons (Fsp3) is 0.833. The molecule has 0 radical (unpaired) electrons. The summed E-state index contributed by atoms with van der Waals surface area (Å²) in [4.78, 5) is 2.43. The first-order valence-electron chi connectivity index (χ1n) is 11.2. The molecule has 0 heterocycles. The number of allylic oxidation sites excluding steroid dienone is 4. The summed E-state index contributed by atoms with van der Waals surface area (Å²) in [6, 6.07) is 0.804. The highest BCUT2D eigenvalue weighted by Gasteiger charge is 2.09. The van der Waals surface area contributed by atoms with E-state index in [1.165, 1.54) is 89.9 Å². The monoisotopic (exact) mass is 349 g/mol. The van der Waals surface area contributed by atoms with Gasteiger partial charge in [0.2, 0.25) is 0 Å². The van der Waals surface area contributed by atoms with Gasteiger partial charge in [0.1, 0.15) is 0 Å². The molecule has 1 unspecified atom stereocenters. The van der Waals surface area contributed by atoms with Crippen LogP contribution in [0.5, 0.6) is 0 Å². The van der Waals surface area contributed by atoms with E-state index in [0.29, 0.717) is 0 Å². The maximum absolute atomic E-state index is 2.43. The van der Waals surface area contributed by atoms with E-state index in [1.54, 1.807) is 0 Å². The van der Waals surface area contributed by atoms with Gasteiger partial charge < -0.3 is 4.90 Å². The summed E-state index contributed by atoms with van der Waals surface area (Å²) in [7, 11) is 4.49. The van der Waals surface area contributed by atoms with Crippen LogP contribution in [0.3, 0.4) is 0 Å². The molecule has 1 heteroatoms. The van der Waals surface area contributed by atoms with E-state index in [9.17, 15) is 0 Å². The predicted octanol–water partition coefficient (Wildman–Crippen LogP) is 7.92. The van der Waals surface area contributed by atoms with Crippen molar-refractivity contribution in [3.8, 4) is 0 Å². The van der Waals surface area contributed by atoms with Gasteiger partial charge in [-0.05, 0) is 59.0 Å². The van der Waals surface area contributed by atoms with Crippen LogP contribution in [0.2, 0.25) is 0 Å². The second kappa shape index (κ2) is 19.8. The van der Waals surface area contributed by atoms with Crippen molar-refractivity contribution in [2.24, 2.45) is 0 Å². The summed E-state index contributed by atoms with van der Waals surface area (Å²) < 4.78 is 0. The van der Waals surface area contributed by atoms with Crippen LogP contribution in [-0.2, 0) is 0 Å². The third kappa shape index (κ3) is 18.0. The summed E-state index contributed by atoms with van der Waals surface area (Å²) in [5.41, 5.74) is 0. The maximum atomic E-state index is 2.43. The number of nitrogens with zero attached hydrogens (tertiary/aromatic N) is 1. The average molecular weight is 350 g/mol. The highest BCUT2D eigenvalue weighted by molar-refractivity contribution is 4.92. The van der Waals surface area contributed by atoms with E-state index in [1.807, 2.05) is 0 Å². The minimum Gasteiger partial charge on any atom is -0.306 e. The van der Waals surface area contributed by atoms with Gasteiger partial charge >= 0.3 is 0 Å². The van der Waals surface area contributed by atoms with Gasteiger partial charge in [0.05, 0.1) is 0 Å². The minimum atomic E-state index is 0.804. The summed E-state index contributed by atoms with van der Waals surface area (Å²) in [6.45, 7) is 4.56. The topological polar surface area (TPSA) is 3.24 Å². The zero-order chi connectivity index (χ0) is 18.6. The first-order chi connectivity index (χ1) is 12.2. The Balaban J connectivity index is 3.41. The molecule has 0 amide bonds. The van der Waals surface area contributed by atoms with E-state index >= 15 is 0 Å². The second-order valence-electron chi connectivity index (χ2n) is 7.78. The lowest BCUT2D eigenvalue weighted by Gasteiger charge is -2.24. The second-order valence-corrected chi connectivity index (χ2v) is 7.78. The molecule has 1 nitrogen and oxygen atoms in total. The Hall–Kier alpha value is -0.560. The Morgan fingerprint density at radius 1 is 0.600 bits per heavy atom. The third-order valence-electron chi connectivity index (χ3n) is 5.11. The van der Waals surface area contributed by atoms with Crippen LogP contribution in [-0.4, -0.2) is 25.0 Å². The third-order valence-corrected chi connectivity index (χ3v) is 5.11. The van der Waals surface area contributed by atoms with Crippen LogP contribution in [0, 0.1) is 0 Å². The Kier molecular flexibility index (Phi) is 19.3. The minimum absolute atomic E-state index is 0.804. The Morgan fingerprint density at radius 2 is 1.12 bits per heavy atom. The van der Waals surface area contributed by atoms with Crippen molar-refractivity contribution < 1.29 is 0 Å². The van der Waals surface area contributed by atoms with Gasteiger partial charge in [0.25, 0.3) is 0 Å². The highest BCUT2D eigenvalue weighted by atomic mass is 15.1. The molecular formula is C24H47N. The van der Waals surface area contributed by atoms with Crippen molar-refractivity contribution in [2.75, 3.05) is 14.1 Å². The van der Waals surface area contributed by atoms with Crippen LogP contribution in [0.15, 0.2) is 24.3 Å². The molecule has 0 aromatic carbocycles. The van der Waals surface area contributed by atoms with Crippen LogP contribution in [0.1, 0.15) is 110 Å². The molecule has 0 rings (SSSR count). The largest absolute Gasteiger partial charge is 0.306 e. The van der Waals surface area contributed by atoms with Crippen molar-refractivity contribution >= 4 is 0 Å². The molecule has 0 aliphatic rings. The van der Waals surface area contributed by atoms with E-state index in [-0.39, 0.29) is 0 Å². The van der Waals surface area contributed by atoms with Gasteiger partial charge in [-0.25, -0.2) is 0 Å². The number of rotatable bonds is 18. The van der Waals surface area contributed by atoms with Crippen LogP contribution in [0.25, 0.3) is 0 Å². The lowest BCUT2D eigenvalue weighted by atomic mass is 10.0. The highest BCUT2D eigenvalue weighted by Crippen LogP contribution is 2.15. The number of hydrogen-bond donors (Lipinski definition) is 0. The van der Waals surface area contributed by atoms with Crippen molar-refractivity contribution in [2.45, 2.75) is 116 Å². The molecule has 0 N–H and O–H groups in total. The van der Waals surface area contributed by atoms with Crippen LogP contribution >= 0.6 is 0 Å². The van der Waals surface area contributed by atoms with Crippen LogP contribution in [0.4, 0.5) is 0 Å². The summed E-state index contributed by atoms with van der Waals surface area (Å²) >= 11 is 0. The fourth-order valence-corrected chi connectivity index (χ4v) is 3.29. The molecule has 0 bridgehead atoms. The fourth-order valence-electron chi connectivity index (χ4n) is 3.29. The lowest BCUT2D eigenvalue weighted by molar-refractivity contribution is 0.253. The summed E-state index contributed by atoms with van der Waals surface area (Å²) in [5.74, 6) is 0.